The fourth-order valence-corrected chi connectivity index (χ4v) is 10.5. The minimum absolute atomic E-state index is 0.105. The van der Waals surface area contributed by atoms with Crippen molar-refractivity contribution in [1.29, 1.82) is 0 Å². The van der Waals surface area contributed by atoms with E-state index in [1.807, 2.05) is 0 Å². The lowest BCUT2D eigenvalue weighted by Gasteiger charge is -2.52. The number of hydrogen-bond donors (Lipinski definition) is 9. The summed E-state index contributed by atoms with van der Waals surface area (Å²) in [6.45, 7) is 5.27. The molecule has 58 heavy (non-hydrogen) atoms. The summed E-state index contributed by atoms with van der Waals surface area (Å²) < 4.78 is 12.8. The number of carbonyl (C=O) groups excluding carboxylic acids is 1. The van der Waals surface area contributed by atoms with E-state index in [9.17, 15) is 30.3 Å². The maximum atomic E-state index is 12.8. The van der Waals surface area contributed by atoms with Gasteiger partial charge in [0.25, 0.3) is 0 Å². The van der Waals surface area contributed by atoms with E-state index in [0.717, 1.165) is 51.6 Å². The maximum absolute atomic E-state index is 12.8. The molecule has 2 fully saturated rings. The third-order valence-electron chi connectivity index (χ3n) is 13.6. The second-order valence-electron chi connectivity index (χ2n) is 17.7. The Morgan fingerprint density at radius 3 is 2.59 bits per heavy atom. The SMILES string of the molecule is CC(=O)O[C@H]1C[C@@H](O)CC[C@]2([C@H](C)O)C#C[C@@H]3C[C@@H]4CC[C@@H](NCCc5cccc(c5)CCNC(N)=NC2)[C@]2(C4)C[C@@H](CCN2)Oc2cc(c(C(O)O)cc2O)C[C@H]31. The van der Waals surface area contributed by atoms with Gasteiger partial charge < -0.3 is 56.7 Å². The van der Waals surface area contributed by atoms with E-state index >= 15 is 0 Å². The van der Waals surface area contributed by atoms with Crippen LogP contribution in [0, 0.1) is 35.0 Å². The number of hydrogen-bond acceptors (Lipinski definition) is 13. The summed E-state index contributed by atoms with van der Waals surface area (Å²) in [5, 5.41) is 66.9. The number of nitrogens with zero attached hydrogens (tertiary/aromatic N) is 1. The zero-order valence-electron chi connectivity index (χ0n) is 34.0. The minimum Gasteiger partial charge on any atom is -0.504 e. The van der Waals surface area contributed by atoms with E-state index in [1.54, 1.807) is 13.0 Å². The third-order valence-corrected chi connectivity index (χ3v) is 13.6. The molecule has 1 saturated heterocycles. The molecular weight excluding hydrogens is 739 g/mol. The van der Waals surface area contributed by atoms with Crippen LogP contribution in [0.2, 0.25) is 0 Å². The Hall–Kier alpha value is -3.90. The Morgan fingerprint density at radius 2 is 1.83 bits per heavy atom. The van der Waals surface area contributed by atoms with E-state index in [4.69, 9.17) is 20.2 Å². The molecular formula is C45H63N5O8. The van der Waals surface area contributed by atoms with Gasteiger partial charge in [0.15, 0.2) is 23.7 Å². The normalized spacial score (nSPS) is 33.8. The van der Waals surface area contributed by atoms with Crippen LogP contribution in [-0.2, 0) is 28.8 Å². The lowest BCUT2D eigenvalue weighted by atomic mass is 9.64. The van der Waals surface area contributed by atoms with E-state index in [0.29, 0.717) is 31.4 Å². The molecule has 13 nitrogen and oxygen atoms in total. The molecule has 1 spiro atoms. The number of benzene rings is 2. The minimum atomic E-state index is -1.90. The number of aliphatic hydroxyl groups excluding tert-OH is 3. The molecule has 316 valence electrons. The Balaban J connectivity index is 1.40. The van der Waals surface area contributed by atoms with Crippen molar-refractivity contribution in [1.82, 2.24) is 16.0 Å². The molecule has 0 radical (unpaired) electrons. The first-order chi connectivity index (χ1) is 27.8. The fraction of sp³-hybridized carbons (Fsp3) is 0.644. The van der Waals surface area contributed by atoms with Gasteiger partial charge in [-0.1, -0.05) is 36.1 Å². The Morgan fingerprint density at radius 1 is 1.03 bits per heavy atom. The molecule has 1 saturated carbocycles. The number of esters is 1. The molecule has 0 amide bonds. The summed E-state index contributed by atoms with van der Waals surface area (Å²) in [6.07, 6.45) is 2.57. The smallest absolute Gasteiger partial charge is 0.302 e. The number of nitrogens with one attached hydrogen (secondary N) is 3. The highest BCUT2D eigenvalue weighted by Gasteiger charge is 2.49. The highest BCUT2D eigenvalue weighted by Crippen LogP contribution is 2.46. The van der Waals surface area contributed by atoms with Crippen LogP contribution in [0.1, 0.15) is 100 Å². The summed E-state index contributed by atoms with van der Waals surface area (Å²) in [5.74, 6) is 6.27. The number of piperidine rings is 1. The van der Waals surface area contributed by atoms with Crippen LogP contribution in [0.3, 0.4) is 0 Å². The number of phenols is 1. The number of aromatic hydroxyl groups is 1. The molecule has 5 aliphatic rings. The Kier molecular flexibility index (Phi) is 13.2. The van der Waals surface area contributed by atoms with Crippen LogP contribution >= 0.6 is 0 Å². The van der Waals surface area contributed by atoms with Crippen LogP contribution in [0.25, 0.3) is 0 Å². The number of nitrogens with two attached hydrogens (primary N) is 1. The number of aliphatic imine (C=N–C) groups is 1. The quantitative estimate of drug-likeness (QED) is 0.125. The highest BCUT2D eigenvalue weighted by molar-refractivity contribution is 5.77. The number of guanidine groups is 1. The molecule has 3 aliphatic heterocycles. The van der Waals surface area contributed by atoms with Crippen molar-refractivity contribution in [2.45, 2.75) is 133 Å². The van der Waals surface area contributed by atoms with E-state index in [2.05, 4.69) is 52.1 Å². The van der Waals surface area contributed by atoms with Crippen molar-refractivity contribution in [3.05, 3.63) is 58.7 Å². The van der Waals surface area contributed by atoms with E-state index in [1.165, 1.54) is 24.1 Å². The predicted molar refractivity (Wildman–Crippen MR) is 220 cm³/mol. The Bertz CT molecular complexity index is 1860. The maximum Gasteiger partial charge on any atom is 0.302 e. The van der Waals surface area contributed by atoms with Crippen LogP contribution in [0.5, 0.6) is 11.5 Å². The average Bonchev–Trinajstić information content (AvgIpc) is 3.17. The van der Waals surface area contributed by atoms with Gasteiger partial charge in [0, 0.05) is 55.3 Å². The van der Waals surface area contributed by atoms with Crippen molar-refractivity contribution in [3.8, 4) is 23.3 Å². The van der Waals surface area contributed by atoms with Crippen molar-refractivity contribution in [2.75, 3.05) is 26.2 Å². The second-order valence-corrected chi connectivity index (χ2v) is 17.7. The largest absolute Gasteiger partial charge is 0.504 e. The van der Waals surface area contributed by atoms with Gasteiger partial charge in [-0.15, -0.1) is 0 Å². The topological polar surface area (TPSA) is 211 Å². The number of rotatable bonds is 3. The lowest BCUT2D eigenvalue weighted by molar-refractivity contribution is -0.152. The van der Waals surface area contributed by atoms with E-state index < -0.39 is 47.8 Å². The van der Waals surface area contributed by atoms with Gasteiger partial charge in [-0.3, -0.25) is 9.79 Å². The van der Waals surface area contributed by atoms with Gasteiger partial charge in [0.05, 0.1) is 24.2 Å². The van der Waals surface area contributed by atoms with Gasteiger partial charge in [-0.05, 0) is 119 Å². The summed E-state index contributed by atoms with van der Waals surface area (Å²) in [4.78, 5) is 17.6. The number of fused-ring (bicyclic) bond motifs is 8. The number of ether oxygens (including phenoxy) is 2. The molecule has 0 unspecified atom stereocenters. The number of phenolic OH excluding ortho intramolecular Hbond substituents is 1. The zero-order chi connectivity index (χ0) is 41.0. The van der Waals surface area contributed by atoms with Crippen molar-refractivity contribution in [2.24, 2.45) is 33.9 Å². The summed E-state index contributed by atoms with van der Waals surface area (Å²) in [5.41, 5.74) is 8.14. The molecule has 10 N–H and O–H groups in total. The third kappa shape index (κ3) is 9.75. The van der Waals surface area contributed by atoms with Crippen LogP contribution in [0.15, 0.2) is 41.4 Å². The fourth-order valence-electron chi connectivity index (χ4n) is 10.5. The average molecular weight is 802 g/mol. The summed E-state index contributed by atoms with van der Waals surface area (Å²) in [6, 6.07) is 11.8. The summed E-state index contributed by atoms with van der Waals surface area (Å²) >= 11 is 0. The first-order valence-electron chi connectivity index (χ1n) is 21.4. The predicted octanol–water partition coefficient (Wildman–Crippen LogP) is 2.73. The zero-order valence-corrected chi connectivity index (χ0v) is 34.0. The second kappa shape index (κ2) is 18.2. The van der Waals surface area contributed by atoms with Gasteiger partial charge >= 0.3 is 5.97 Å². The first kappa shape index (κ1) is 42.2. The molecule has 2 aromatic carbocycles. The molecule has 2 aliphatic carbocycles. The van der Waals surface area contributed by atoms with Crippen LogP contribution < -0.4 is 26.4 Å². The molecule has 13 heteroatoms. The van der Waals surface area contributed by atoms with Gasteiger partial charge in [0.2, 0.25) is 0 Å². The van der Waals surface area contributed by atoms with E-state index in [-0.39, 0.29) is 72.4 Å². The molecule has 10 bridgehead atoms. The molecule has 3 heterocycles. The van der Waals surface area contributed by atoms with Gasteiger partial charge in [-0.25, -0.2) is 0 Å². The van der Waals surface area contributed by atoms with Crippen molar-refractivity contribution < 1.29 is 39.8 Å². The van der Waals surface area contributed by atoms with Crippen molar-refractivity contribution in [3.63, 3.8) is 0 Å². The number of carbonyl (C=O) groups is 1. The molecule has 7 rings (SSSR count). The molecule has 2 aromatic rings. The lowest BCUT2D eigenvalue weighted by Crippen LogP contribution is -2.66. The van der Waals surface area contributed by atoms with Gasteiger partial charge in [0.1, 0.15) is 12.2 Å². The highest BCUT2D eigenvalue weighted by atomic mass is 16.5. The summed E-state index contributed by atoms with van der Waals surface area (Å²) in [7, 11) is 0. The first-order valence-corrected chi connectivity index (χ1v) is 21.4. The van der Waals surface area contributed by atoms with Gasteiger partial charge in [-0.2, -0.15) is 0 Å². The van der Waals surface area contributed by atoms with Crippen LogP contribution in [0.4, 0.5) is 0 Å². The molecule has 0 aromatic heterocycles. The monoisotopic (exact) mass is 801 g/mol. The Labute approximate surface area is 342 Å². The van der Waals surface area contributed by atoms with Crippen molar-refractivity contribution >= 4 is 11.9 Å². The molecule has 10 atom stereocenters. The standard InChI is InChI=1S/C45H63N5O8/c1-27(51)44-13-8-32-19-31-6-7-41(47-15-10-29-4-3-5-30(18-29)11-16-48-43(46)49-26-44)45(24-31)25-35(12-17-50-45)58-40-21-33(37(42(55)56)23-38(40)54)20-36(32)39(57-28(2)52)22-34(53)9-14-44/h3-5,18,21,23,27,31-32,34-36,39,41-42,47,50-51,53-56H,6-7,9-12,14-17,19-20,22,24-26H2,1-2H3,(H3,46,48,49)/t27-,31-,32+,34-,35+,36+,39-,41+,44+,45-/m0/s1. The number of aliphatic hydroxyl groups is 4. The van der Waals surface area contributed by atoms with Crippen LogP contribution in [-0.4, -0.2) is 99.6 Å².